The van der Waals surface area contributed by atoms with E-state index >= 15 is 0 Å². The van der Waals surface area contributed by atoms with Crippen LogP contribution in [0.4, 0.5) is 4.79 Å². The maximum Gasteiger partial charge on any atom is 0.407 e. The summed E-state index contributed by atoms with van der Waals surface area (Å²) in [6, 6.07) is 0. The van der Waals surface area contributed by atoms with Crippen molar-refractivity contribution < 1.29 is 19.0 Å². The van der Waals surface area contributed by atoms with Gasteiger partial charge in [0.05, 0.1) is 13.2 Å². The largest absolute Gasteiger partial charge is 0.441 e. The Morgan fingerprint density at radius 2 is 0.875 bits per heavy atom. The molecule has 0 atom stereocenters. The Bertz CT molecular complexity index is 788. The number of hydrogen-bond acceptors (Lipinski definition) is 6. The SMILES string of the molecule is CCCCCCCCC=CCCCCCCCCOCC(COCCCCCCCCC=CCCCCCCCC)OC(=O)NCCN(C)CCN(CC)CC. The monoisotopic (exact) mass is 792 g/mol. The maximum atomic E-state index is 12.7. The zero-order valence-electron chi connectivity index (χ0n) is 38.3. The lowest BCUT2D eigenvalue weighted by molar-refractivity contribution is -0.0292. The molecule has 0 aromatic carbocycles. The Balaban J connectivity index is 4.18. The van der Waals surface area contributed by atoms with Crippen LogP contribution in [0.2, 0.25) is 0 Å². The van der Waals surface area contributed by atoms with Gasteiger partial charge in [0.15, 0.2) is 6.10 Å². The first-order valence-electron chi connectivity index (χ1n) is 24.4. The highest BCUT2D eigenvalue weighted by Crippen LogP contribution is 2.12. The van der Waals surface area contributed by atoms with Crippen LogP contribution in [0.1, 0.15) is 207 Å². The number of hydrogen-bond donors (Lipinski definition) is 1. The molecule has 0 rings (SSSR count). The molecular formula is C49H97N3O4. The molecule has 0 aromatic heterocycles. The number of nitrogens with zero attached hydrogens (tertiary/aromatic N) is 2. The minimum absolute atomic E-state index is 0.381. The van der Waals surface area contributed by atoms with Gasteiger partial charge < -0.3 is 29.3 Å². The Morgan fingerprint density at radius 1 is 0.500 bits per heavy atom. The second kappa shape index (κ2) is 46.3. The van der Waals surface area contributed by atoms with Crippen molar-refractivity contribution in [1.82, 2.24) is 15.1 Å². The molecule has 0 aliphatic carbocycles. The van der Waals surface area contributed by atoms with Crippen molar-refractivity contribution in [3.05, 3.63) is 24.3 Å². The molecular weight excluding hydrogens is 695 g/mol. The fraction of sp³-hybridized carbons (Fsp3) is 0.898. The molecule has 1 amide bonds. The third-order valence-electron chi connectivity index (χ3n) is 10.9. The van der Waals surface area contributed by atoms with Crippen LogP contribution >= 0.6 is 0 Å². The first-order chi connectivity index (χ1) is 27.6. The van der Waals surface area contributed by atoms with Crippen LogP contribution in [0, 0.1) is 0 Å². The molecule has 0 unspecified atom stereocenters. The molecule has 0 fully saturated rings. The smallest absolute Gasteiger partial charge is 0.407 e. The van der Waals surface area contributed by atoms with E-state index in [4.69, 9.17) is 14.2 Å². The molecule has 56 heavy (non-hydrogen) atoms. The van der Waals surface area contributed by atoms with Gasteiger partial charge in [-0.3, -0.25) is 0 Å². The van der Waals surface area contributed by atoms with Gasteiger partial charge in [-0.25, -0.2) is 4.79 Å². The average molecular weight is 792 g/mol. The maximum absolute atomic E-state index is 12.7. The van der Waals surface area contributed by atoms with Gasteiger partial charge in [-0.05, 0) is 84.3 Å². The highest BCUT2D eigenvalue weighted by atomic mass is 16.6. The number of unbranched alkanes of at least 4 members (excludes halogenated alkanes) is 24. The van der Waals surface area contributed by atoms with Crippen molar-refractivity contribution >= 4 is 6.09 Å². The fourth-order valence-corrected chi connectivity index (χ4v) is 6.95. The quantitative estimate of drug-likeness (QED) is 0.0489. The highest BCUT2D eigenvalue weighted by Gasteiger charge is 2.15. The highest BCUT2D eigenvalue weighted by molar-refractivity contribution is 5.67. The van der Waals surface area contributed by atoms with E-state index < -0.39 is 6.10 Å². The Labute approximate surface area is 349 Å². The third-order valence-corrected chi connectivity index (χ3v) is 10.9. The molecule has 0 saturated carbocycles. The van der Waals surface area contributed by atoms with Gasteiger partial charge in [0, 0.05) is 39.4 Å². The first-order valence-corrected chi connectivity index (χ1v) is 24.4. The molecule has 0 aromatic rings. The van der Waals surface area contributed by atoms with Gasteiger partial charge in [-0.1, -0.05) is 168 Å². The molecule has 0 aliphatic rings. The number of nitrogens with one attached hydrogen (secondary N) is 1. The van der Waals surface area contributed by atoms with Crippen LogP contribution in [0.3, 0.4) is 0 Å². The van der Waals surface area contributed by atoms with Gasteiger partial charge in [0.2, 0.25) is 0 Å². The van der Waals surface area contributed by atoms with Crippen molar-refractivity contribution in [2.24, 2.45) is 0 Å². The van der Waals surface area contributed by atoms with E-state index in [9.17, 15) is 4.79 Å². The summed E-state index contributed by atoms with van der Waals surface area (Å²) < 4.78 is 17.8. The zero-order chi connectivity index (χ0) is 40.8. The molecule has 0 spiro atoms. The number of carbonyl (C=O) groups is 1. The summed E-state index contributed by atoms with van der Waals surface area (Å²) in [5.41, 5.74) is 0. The van der Waals surface area contributed by atoms with E-state index in [2.05, 4.69) is 74.2 Å². The molecule has 0 saturated heterocycles. The van der Waals surface area contributed by atoms with Crippen LogP contribution in [0.15, 0.2) is 24.3 Å². The minimum Gasteiger partial charge on any atom is -0.441 e. The summed E-state index contributed by atoms with van der Waals surface area (Å²) in [5, 5.41) is 2.94. The van der Waals surface area contributed by atoms with Gasteiger partial charge in [-0.2, -0.15) is 0 Å². The van der Waals surface area contributed by atoms with E-state index in [0.29, 0.717) is 33.0 Å². The Hall–Kier alpha value is -1.41. The van der Waals surface area contributed by atoms with Crippen LogP contribution in [0.5, 0.6) is 0 Å². The summed E-state index contributed by atoms with van der Waals surface area (Å²) in [6.45, 7) is 16.6. The molecule has 7 nitrogen and oxygen atoms in total. The fourth-order valence-electron chi connectivity index (χ4n) is 6.95. The molecule has 0 bridgehead atoms. The standard InChI is InChI=1S/C49H97N3O4/c1-6-10-12-14-16-18-20-22-24-26-28-30-32-34-36-38-44-54-46-48(56-49(53)50-40-41-51(5)42-43-52(8-3)9-4)47-55-45-39-37-35-33-31-29-27-25-23-21-19-17-15-13-11-7-2/h22-25,48H,6-21,26-47H2,1-5H3,(H,50,53). The Kier molecular flexibility index (Phi) is 45.1. The summed E-state index contributed by atoms with van der Waals surface area (Å²) in [4.78, 5) is 17.4. The lowest BCUT2D eigenvalue weighted by Gasteiger charge is -2.23. The van der Waals surface area contributed by atoms with Crippen molar-refractivity contribution in [3.8, 4) is 0 Å². The van der Waals surface area contributed by atoms with Crippen molar-refractivity contribution in [2.45, 2.75) is 214 Å². The van der Waals surface area contributed by atoms with Crippen LogP contribution in [0.25, 0.3) is 0 Å². The molecule has 332 valence electrons. The number of amides is 1. The summed E-state index contributed by atoms with van der Waals surface area (Å²) in [7, 11) is 2.10. The molecule has 0 heterocycles. The van der Waals surface area contributed by atoms with Gasteiger partial charge in [0.1, 0.15) is 0 Å². The average Bonchev–Trinajstić information content (AvgIpc) is 3.20. The normalized spacial score (nSPS) is 12.6. The zero-order valence-corrected chi connectivity index (χ0v) is 38.3. The van der Waals surface area contributed by atoms with Gasteiger partial charge in [-0.15, -0.1) is 0 Å². The van der Waals surface area contributed by atoms with E-state index in [1.807, 2.05) is 0 Å². The predicted octanol–water partition coefficient (Wildman–Crippen LogP) is 13.5. The first kappa shape index (κ1) is 54.6. The molecule has 0 aliphatic heterocycles. The lowest BCUT2D eigenvalue weighted by Crippen LogP contribution is -2.39. The third kappa shape index (κ3) is 42.2. The van der Waals surface area contributed by atoms with Crippen molar-refractivity contribution in [1.29, 1.82) is 0 Å². The summed E-state index contributed by atoms with van der Waals surface area (Å²) in [6.07, 6.45) is 45.1. The van der Waals surface area contributed by atoms with E-state index in [1.165, 1.54) is 167 Å². The number of carbonyl (C=O) groups excluding carboxylic acids is 1. The van der Waals surface area contributed by atoms with Crippen molar-refractivity contribution in [3.63, 3.8) is 0 Å². The van der Waals surface area contributed by atoms with Gasteiger partial charge >= 0.3 is 6.09 Å². The predicted molar refractivity (Wildman–Crippen MR) is 244 cm³/mol. The number of likely N-dealkylation sites (N-methyl/N-ethyl adjacent to an activating group) is 2. The molecule has 0 radical (unpaired) electrons. The van der Waals surface area contributed by atoms with E-state index in [0.717, 1.165) is 45.6 Å². The molecule has 1 N–H and O–H groups in total. The van der Waals surface area contributed by atoms with Crippen LogP contribution < -0.4 is 5.32 Å². The summed E-state index contributed by atoms with van der Waals surface area (Å²) >= 11 is 0. The topological polar surface area (TPSA) is 63.3 Å². The van der Waals surface area contributed by atoms with Crippen LogP contribution in [-0.2, 0) is 14.2 Å². The summed E-state index contributed by atoms with van der Waals surface area (Å²) in [5.74, 6) is 0. The van der Waals surface area contributed by atoms with E-state index in [1.54, 1.807) is 0 Å². The number of alkyl carbamates (subject to hydrolysis) is 1. The number of ether oxygens (including phenoxy) is 3. The number of allylic oxidation sites excluding steroid dienone is 4. The number of rotatable bonds is 45. The Morgan fingerprint density at radius 3 is 1.27 bits per heavy atom. The minimum atomic E-state index is -0.390. The van der Waals surface area contributed by atoms with Crippen molar-refractivity contribution in [2.75, 3.05) is 72.7 Å². The van der Waals surface area contributed by atoms with E-state index in [-0.39, 0.29) is 6.09 Å². The van der Waals surface area contributed by atoms with Gasteiger partial charge in [0.25, 0.3) is 0 Å². The molecule has 7 heteroatoms. The van der Waals surface area contributed by atoms with Crippen LogP contribution in [-0.4, -0.2) is 94.7 Å². The second-order valence-electron chi connectivity index (χ2n) is 16.3. The second-order valence-corrected chi connectivity index (χ2v) is 16.3. The lowest BCUT2D eigenvalue weighted by atomic mass is 10.1.